The highest BCUT2D eigenvalue weighted by molar-refractivity contribution is 8.00. The number of thioether (sulfide) groups is 1. The van der Waals surface area contributed by atoms with Crippen molar-refractivity contribution in [2.24, 2.45) is 0 Å². The Hall–Kier alpha value is -1.70. The van der Waals surface area contributed by atoms with Gasteiger partial charge < -0.3 is 14.5 Å². The van der Waals surface area contributed by atoms with Crippen molar-refractivity contribution in [1.82, 2.24) is 10.2 Å². The van der Waals surface area contributed by atoms with E-state index >= 15 is 0 Å². The zero-order valence-electron chi connectivity index (χ0n) is 12.3. The quantitative estimate of drug-likeness (QED) is 0.611. The standard InChI is InChI=1S/C15H14ClN3O2S2/c1-20-13-5-4-11(16)7-10(13)9-22-15-19-18-14(23-15)17-8-12-3-2-6-21-12/h2-7H,8-9H2,1H3,(H,17,18). The Balaban J connectivity index is 1.58. The molecule has 1 aromatic carbocycles. The van der Waals surface area contributed by atoms with Gasteiger partial charge in [0.25, 0.3) is 0 Å². The van der Waals surface area contributed by atoms with Crippen molar-refractivity contribution in [3.63, 3.8) is 0 Å². The second-order valence-corrected chi connectivity index (χ2v) is 7.19. The molecule has 23 heavy (non-hydrogen) atoms. The third-order valence-corrected chi connectivity index (χ3v) is 5.29. The Bertz CT molecular complexity index is 762. The highest BCUT2D eigenvalue weighted by Crippen LogP contribution is 2.32. The molecule has 5 nitrogen and oxygen atoms in total. The van der Waals surface area contributed by atoms with Crippen LogP contribution in [0.2, 0.25) is 5.02 Å². The largest absolute Gasteiger partial charge is 0.496 e. The van der Waals surface area contributed by atoms with Crippen LogP contribution < -0.4 is 10.1 Å². The molecule has 0 amide bonds. The molecule has 2 aromatic heterocycles. The third-order valence-electron chi connectivity index (χ3n) is 2.99. The topological polar surface area (TPSA) is 60.2 Å². The van der Waals surface area contributed by atoms with Crippen LogP contribution in [0.25, 0.3) is 0 Å². The summed E-state index contributed by atoms with van der Waals surface area (Å²) in [6.45, 7) is 0.592. The van der Waals surface area contributed by atoms with E-state index in [2.05, 4.69) is 15.5 Å². The van der Waals surface area contributed by atoms with Gasteiger partial charge in [0.1, 0.15) is 11.5 Å². The van der Waals surface area contributed by atoms with E-state index in [1.54, 1.807) is 25.1 Å². The number of rotatable bonds is 7. The number of halogens is 1. The van der Waals surface area contributed by atoms with Gasteiger partial charge in [-0.1, -0.05) is 34.7 Å². The van der Waals surface area contributed by atoms with Gasteiger partial charge in [-0.05, 0) is 30.3 Å². The van der Waals surface area contributed by atoms with E-state index in [9.17, 15) is 0 Å². The summed E-state index contributed by atoms with van der Waals surface area (Å²) in [6, 6.07) is 9.36. The number of ether oxygens (including phenoxy) is 1. The first kappa shape index (κ1) is 16.2. The first-order valence-corrected chi connectivity index (χ1v) is 8.97. The Morgan fingerprint density at radius 2 is 2.26 bits per heavy atom. The minimum Gasteiger partial charge on any atom is -0.496 e. The van der Waals surface area contributed by atoms with E-state index in [0.29, 0.717) is 11.6 Å². The molecule has 2 heterocycles. The van der Waals surface area contributed by atoms with Crippen molar-refractivity contribution < 1.29 is 9.15 Å². The average Bonchev–Trinajstić information content (AvgIpc) is 3.22. The minimum atomic E-state index is 0.592. The molecule has 0 atom stereocenters. The smallest absolute Gasteiger partial charge is 0.206 e. The van der Waals surface area contributed by atoms with E-state index in [4.69, 9.17) is 20.8 Å². The van der Waals surface area contributed by atoms with Gasteiger partial charge in [-0.15, -0.1) is 10.2 Å². The fourth-order valence-electron chi connectivity index (χ4n) is 1.91. The van der Waals surface area contributed by atoms with Crippen LogP contribution in [0.5, 0.6) is 5.75 Å². The fraction of sp³-hybridized carbons (Fsp3) is 0.200. The molecule has 120 valence electrons. The van der Waals surface area contributed by atoms with Crippen LogP contribution in [0.3, 0.4) is 0 Å². The summed E-state index contributed by atoms with van der Waals surface area (Å²) in [6.07, 6.45) is 1.65. The molecule has 0 aliphatic heterocycles. The molecule has 0 saturated heterocycles. The molecule has 8 heteroatoms. The molecule has 3 rings (SSSR count). The van der Waals surface area contributed by atoms with E-state index in [0.717, 1.165) is 32.3 Å². The van der Waals surface area contributed by atoms with Crippen LogP contribution in [0.15, 0.2) is 45.4 Å². The van der Waals surface area contributed by atoms with E-state index in [-0.39, 0.29) is 0 Å². The lowest BCUT2D eigenvalue weighted by Gasteiger charge is -2.07. The molecule has 0 aliphatic rings. The predicted molar refractivity (Wildman–Crippen MR) is 93.5 cm³/mol. The zero-order valence-corrected chi connectivity index (χ0v) is 14.7. The third kappa shape index (κ3) is 4.40. The monoisotopic (exact) mass is 367 g/mol. The van der Waals surface area contributed by atoms with Gasteiger partial charge in [-0.25, -0.2) is 0 Å². The lowest BCUT2D eigenvalue weighted by atomic mass is 10.2. The summed E-state index contributed by atoms with van der Waals surface area (Å²) in [5.74, 6) is 2.40. The molecule has 0 unspecified atom stereocenters. The summed E-state index contributed by atoms with van der Waals surface area (Å²) >= 11 is 9.15. The molecule has 1 N–H and O–H groups in total. The number of nitrogens with zero attached hydrogens (tertiary/aromatic N) is 2. The Kier molecular flexibility index (Phi) is 5.43. The highest BCUT2D eigenvalue weighted by atomic mass is 35.5. The van der Waals surface area contributed by atoms with Crippen molar-refractivity contribution >= 4 is 39.8 Å². The maximum atomic E-state index is 6.04. The van der Waals surface area contributed by atoms with Gasteiger partial charge in [0.2, 0.25) is 5.13 Å². The van der Waals surface area contributed by atoms with Crippen molar-refractivity contribution in [3.8, 4) is 5.75 Å². The number of methoxy groups -OCH3 is 1. The first-order chi connectivity index (χ1) is 11.2. The SMILES string of the molecule is COc1ccc(Cl)cc1CSc1nnc(NCc2ccco2)s1. The van der Waals surface area contributed by atoms with Crippen LogP contribution in [0.4, 0.5) is 5.13 Å². The van der Waals surface area contributed by atoms with Crippen molar-refractivity contribution in [1.29, 1.82) is 0 Å². The number of benzene rings is 1. The molecule has 3 aromatic rings. The molecule has 0 radical (unpaired) electrons. The van der Waals surface area contributed by atoms with Gasteiger partial charge in [-0.3, -0.25) is 0 Å². The first-order valence-electron chi connectivity index (χ1n) is 6.79. The van der Waals surface area contributed by atoms with Gasteiger partial charge in [0.05, 0.1) is 19.9 Å². The van der Waals surface area contributed by atoms with Gasteiger partial charge in [-0.2, -0.15) is 0 Å². The molecule has 0 spiro atoms. The molecule has 0 bridgehead atoms. The Morgan fingerprint density at radius 3 is 3.04 bits per heavy atom. The van der Waals surface area contributed by atoms with Gasteiger partial charge >= 0.3 is 0 Å². The van der Waals surface area contributed by atoms with E-state index in [1.807, 2.05) is 30.3 Å². The highest BCUT2D eigenvalue weighted by Gasteiger charge is 2.09. The molecular weight excluding hydrogens is 354 g/mol. The zero-order chi connectivity index (χ0) is 16.1. The van der Waals surface area contributed by atoms with Gasteiger partial charge in [0, 0.05) is 16.3 Å². The second-order valence-electron chi connectivity index (χ2n) is 4.55. The van der Waals surface area contributed by atoms with Crippen LogP contribution in [0.1, 0.15) is 11.3 Å². The number of aromatic nitrogens is 2. The van der Waals surface area contributed by atoms with Gasteiger partial charge in [0.15, 0.2) is 4.34 Å². The molecule has 0 aliphatic carbocycles. The lowest BCUT2D eigenvalue weighted by molar-refractivity contribution is 0.411. The average molecular weight is 368 g/mol. The van der Waals surface area contributed by atoms with Crippen LogP contribution in [-0.4, -0.2) is 17.3 Å². The van der Waals surface area contributed by atoms with Crippen LogP contribution >= 0.6 is 34.7 Å². The number of furan rings is 1. The van der Waals surface area contributed by atoms with Crippen LogP contribution in [0, 0.1) is 0 Å². The fourth-order valence-corrected chi connectivity index (χ4v) is 3.84. The van der Waals surface area contributed by atoms with Crippen molar-refractivity contribution in [2.45, 2.75) is 16.6 Å². The summed E-state index contributed by atoms with van der Waals surface area (Å²) in [4.78, 5) is 0. The number of anilines is 1. The second kappa shape index (κ2) is 7.72. The Labute approximate surface area is 147 Å². The summed E-state index contributed by atoms with van der Waals surface area (Å²) in [5.41, 5.74) is 1.03. The normalized spacial score (nSPS) is 10.7. The molecule has 0 saturated carbocycles. The number of nitrogens with one attached hydrogen (secondary N) is 1. The minimum absolute atomic E-state index is 0.592. The van der Waals surface area contributed by atoms with Crippen molar-refractivity contribution in [2.75, 3.05) is 12.4 Å². The predicted octanol–water partition coefficient (Wildman–Crippen LogP) is 4.70. The number of hydrogen-bond donors (Lipinski definition) is 1. The maximum Gasteiger partial charge on any atom is 0.206 e. The lowest BCUT2D eigenvalue weighted by Crippen LogP contribution is -1.96. The molecular formula is C15H14ClN3O2S2. The van der Waals surface area contributed by atoms with Crippen LogP contribution in [-0.2, 0) is 12.3 Å². The number of hydrogen-bond acceptors (Lipinski definition) is 7. The summed E-state index contributed by atoms with van der Waals surface area (Å²) in [5, 5.41) is 12.9. The van der Waals surface area contributed by atoms with E-state index in [1.165, 1.54) is 11.3 Å². The summed E-state index contributed by atoms with van der Waals surface area (Å²) < 4.78 is 11.5. The Morgan fingerprint density at radius 1 is 1.35 bits per heavy atom. The maximum absolute atomic E-state index is 6.04. The molecule has 0 fully saturated rings. The van der Waals surface area contributed by atoms with E-state index < -0.39 is 0 Å². The van der Waals surface area contributed by atoms with Crippen molar-refractivity contribution in [3.05, 3.63) is 52.9 Å². The summed E-state index contributed by atoms with van der Waals surface area (Å²) in [7, 11) is 1.65.